The average Bonchev–Trinajstić information content (AvgIpc) is 2.87. The molecule has 0 radical (unpaired) electrons. The van der Waals surface area contributed by atoms with Crippen molar-refractivity contribution in [2.45, 2.75) is 4.90 Å². The van der Waals surface area contributed by atoms with Gasteiger partial charge in [0.15, 0.2) is 0 Å². The summed E-state index contributed by atoms with van der Waals surface area (Å²) >= 11 is 1.39. The summed E-state index contributed by atoms with van der Waals surface area (Å²) in [5.74, 6) is 0.643. The fourth-order valence-corrected chi connectivity index (χ4v) is 4.30. The fourth-order valence-electron chi connectivity index (χ4n) is 3.55. The molecule has 0 heterocycles. The normalized spacial score (nSPS) is 10.5. The third-order valence-electron chi connectivity index (χ3n) is 5.15. The number of benzene rings is 4. The summed E-state index contributed by atoms with van der Waals surface area (Å²) in [5.41, 5.74) is 1.69. The first-order valence-electron chi connectivity index (χ1n) is 10.6. The van der Waals surface area contributed by atoms with Gasteiger partial charge in [0.25, 0.3) is 5.91 Å². The van der Waals surface area contributed by atoms with Gasteiger partial charge in [0.1, 0.15) is 17.1 Å². The lowest BCUT2D eigenvalue weighted by molar-refractivity contribution is -0.113. The predicted molar refractivity (Wildman–Crippen MR) is 137 cm³/mol. The maximum atomic E-state index is 12.9. The molecule has 2 N–H and O–H groups in total. The highest BCUT2D eigenvalue weighted by molar-refractivity contribution is 8.00. The number of ether oxygens (including phenoxy) is 2. The second-order valence-corrected chi connectivity index (χ2v) is 8.47. The molecule has 4 rings (SSSR count). The maximum Gasteiger partial charge on any atom is 0.263 e. The van der Waals surface area contributed by atoms with E-state index in [2.05, 4.69) is 10.6 Å². The minimum absolute atomic E-state index is 0.103. The monoisotopic (exact) mass is 472 g/mol. The number of thioether (sulfide) groups is 1. The first-order chi connectivity index (χ1) is 16.6. The molecule has 2 amide bonds. The Morgan fingerprint density at radius 1 is 0.735 bits per heavy atom. The van der Waals surface area contributed by atoms with Crippen LogP contribution in [0.2, 0.25) is 0 Å². The Hall–Kier alpha value is -3.97. The van der Waals surface area contributed by atoms with E-state index in [0.29, 0.717) is 22.7 Å². The van der Waals surface area contributed by atoms with Crippen molar-refractivity contribution in [1.29, 1.82) is 0 Å². The Morgan fingerprint density at radius 3 is 2.15 bits per heavy atom. The van der Waals surface area contributed by atoms with Gasteiger partial charge in [-0.25, -0.2) is 0 Å². The fraction of sp³-hybridized carbons (Fsp3) is 0.111. The first kappa shape index (κ1) is 23.2. The summed E-state index contributed by atoms with van der Waals surface area (Å²) in [4.78, 5) is 26.2. The van der Waals surface area contributed by atoms with E-state index in [9.17, 15) is 9.59 Å². The zero-order valence-electron chi connectivity index (χ0n) is 18.8. The minimum Gasteiger partial charge on any atom is -0.496 e. The minimum atomic E-state index is -0.342. The average molecular weight is 473 g/mol. The lowest BCUT2D eigenvalue weighted by Gasteiger charge is -2.13. The van der Waals surface area contributed by atoms with Crippen molar-refractivity contribution in [2.75, 3.05) is 30.6 Å². The van der Waals surface area contributed by atoms with Crippen molar-refractivity contribution in [3.63, 3.8) is 0 Å². The molecule has 4 aromatic carbocycles. The molecular weight excluding hydrogens is 448 g/mol. The van der Waals surface area contributed by atoms with Crippen LogP contribution in [0.15, 0.2) is 89.8 Å². The molecule has 4 aromatic rings. The van der Waals surface area contributed by atoms with Crippen LogP contribution >= 0.6 is 11.8 Å². The van der Waals surface area contributed by atoms with Gasteiger partial charge in [0, 0.05) is 16.3 Å². The second-order valence-electron chi connectivity index (χ2n) is 7.42. The van der Waals surface area contributed by atoms with Crippen LogP contribution in [0.25, 0.3) is 10.8 Å². The zero-order chi connectivity index (χ0) is 23.9. The number of anilines is 2. The number of rotatable bonds is 8. The van der Waals surface area contributed by atoms with Crippen molar-refractivity contribution in [2.24, 2.45) is 0 Å². The Balaban J connectivity index is 1.39. The van der Waals surface area contributed by atoms with Gasteiger partial charge in [-0.3, -0.25) is 9.59 Å². The highest BCUT2D eigenvalue weighted by atomic mass is 32.2. The van der Waals surface area contributed by atoms with Gasteiger partial charge in [-0.15, -0.1) is 11.8 Å². The van der Waals surface area contributed by atoms with Crippen molar-refractivity contribution in [3.8, 4) is 11.5 Å². The van der Waals surface area contributed by atoms with Crippen LogP contribution in [0, 0.1) is 0 Å². The molecule has 0 aromatic heterocycles. The second kappa shape index (κ2) is 10.8. The molecule has 7 heteroatoms. The molecule has 0 aliphatic carbocycles. The van der Waals surface area contributed by atoms with Crippen LogP contribution < -0.4 is 20.1 Å². The predicted octanol–water partition coefficient (Wildman–Crippen LogP) is 5.84. The van der Waals surface area contributed by atoms with E-state index in [-0.39, 0.29) is 17.6 Å². The zero-order valence-corrected chi connectivity index (χ0v) is 19.6. The molecular formula is C27H24N2O4S. The van der Waals surface area contributed by atoms with Crippen LogP contribution in [0.4, 0.5) is 11.4 Å². The van der Waals surface area contributed by atoms with E-state index < -0.39 is 0 Å². The number of carbonyl (C=O) groups excluding carboxylic acids is 2. The highest BCUT2D eigenvalue weighted by Gasteiger charge is 2.18. The van der Waals surface area contributed by atoms with Crippen molar-refractivity contribution >= 4 is 45.7 Å². The molecule has 0 aliphatic rings. The molecule has 0 bridgehead atoms. The lowest BCUT2D eigenvalue weighted by Crippen LogP contribution is -2.15. The standard InChI is InChI=1S/C27H24N2O4S/c1-32-23-11-6-12-24(33-2)26(23)27(31)29-20-9-5-10-22(16-20)34-17-25(30)28-21-14-13-18-7-3-4-8-19(18)15-21/h3-16H,17H2,1-2H3,(H,28,30)(H,29,31). The Kier molecular flexibility index (Phi) is 7.34. The maximum absolute atomic E-state index is 12.9. The van der Waals surface area contributed by atoms with E-state index >= 15 is 0 Å². The molecule has 0 fully saturated rings. The van der Waals surface area contributed by atoms with Crippen LogP contribution in [0.3, 0.4) is 0 Å². The summed E-state index contributed by atoms with van der Waals surface area (Å²) in [6.45, 7) is 0. The van der Waals surface area contributed by atoms with Crippen LogP contribution in [0.5, 0.6) is 11.5 Å². The Labute approximate surface area is 202 Å². The number of hydrogen-bond acceptors (Lipinski definition) is 5. The topological polar surface area (TPSA) is 76.7 Å². The molecule has 0 aliphatic heterocycles. The van der Waals surface area contributed by atoms with Gasteiger partial charge >= 0.3 is 0 Å². The van der Waals surface area contributed by atoms with Gasteiger partial charge in [0.05, 0.1) is 20.0 Å². The third-order valence-corrected chi connectivity index (χ3v) is 6.14. The Morgan fingerprint density at radius 2 is 1.41 bits per heavy atom. The van der Waals surface area contributed by atoms with E-state index in [4.69, 9.17) is 9.47 Å². The largest absolute Gasteiger partial charge is 0.496 e. The van der Waals surface area contributed by atoms with Gasteiger partial charge < -0.3 is 20.1 Å². The highest BCUT2D eigenvalue weighted by Crippen LogP contribution is 2.30. The number of methoxy groups -OCH3 is 2. The van der Waals surface area contributed by atoms with E-state index in [0.717, 1.165) is 21.4 Å². The molecule has 34 heavy (non-hydrogen) atoms. The SMILES string of the molecule is COc1cccc(OC)c1C(=O)Nc1cccc(SCC(=O)Nc2ccc3ccccc3c2)c1. The first-order valence-corrected chi connectivity index (χ1v) is 11.6. The molecule has 0 unspecified atom stereocenters. The molecule has 0 saturated heterocycles. The summed E-state index contributed by atoms with van der Waals surface area (Å²) in [5, 5.41) is 8.02. The van der Waals surface area contributed by atoms with E-state index in [1.807, 2.05) is 60.7 Å². The molecule has 6 nitrogen and oxygen atoms in total. The number of nitrogens with one attached hydrogen (secondary N) is 2. The van der Waals surface area contributed by atoms with Crippen molar-refractivity contribution < 1.29 is 19.1 Å². The quantitative estimate of drug-likeness (QED) is 0.315. The van der Waals surface area contributed by atoms with Gasteiger partial charge in [-0.05, 0) is 53.2 Å². The van der Waals surface area contributed by atoms with Crippen LogP contribution in [-0.4, -0.2) is 31.8 Å². The Bertz CT molecular complexity index is 1320. The lowest BCUT2D eigenvalue weighted by atomic mass is 10.1. The van der Waals surface area contributed by atoms with Crippen molar-refractivity contribution in [1.82, 2.24) is 0 Å². The van der Waals surface area contributed by atoms with Gasteiger partial charge in [0.2, 0.25) is 5.91 Å². The van der Waals surface area contributed by atoms with Crippen LogP contribution in [-0.2, 0) is 4.79 Å². The summed E-state index contributed by atoms with van der Waals surface area (Å²) in [6, 6.07) is 26.4. The van der Waals surface area contributed by atoms with Crippen LogP contribution in [0.1, 0.15) is 10.4 Å². The van der Waals surface area contributed by atoms with E-state index in [1.54, 1.807) is 24.3 Å². The molecule has 0 saturated carbocycles. The molecule has 0 atom stereocenters. The molecule has 172 valence electrons. The number of fused-ring (bicyclic) bond motifs is 1. The van der Waals surface area contributed by atoms with Gasteiger partial charge in [-0.1, -0.05) is 42.5 Å². The third kappa shape index (κ3) is 5.50. The van der Waals surface area contributed by atoms with Crippen molar-refractivity contribution in [3.05, 3.63) is 90.5 Å². The summed E-state index contributed by atoms with van der Waals surface area (Å²) < 4.78 is 10.6. The smallest absolute Gasteiger partial charge is 0.263 e. The summed E-state index contributed by atoms with van der Waals surface area (Å²) in [6.07, 6.45) is 0. The number of amides is 2. The van der Waals surface area contributed by atoms with E-state index in [1.165, 1.54) is 26.0 Å². The number of carbonyl (C=O) groups is 2. The molecule has 0 spiro atoms. The van der Waals surface area contributed by atoms with Gasteiger partial charge in [-0.2, -0.15) is 0 Å². The summed E-state index contributed by atoms with van der Waals surface area (Å²) in [7, 11) is 3.01. The number of hydrogen-bond donors (Lipinski definition) is 2.